The maximum absolute atomic E-state index is 14.5. The molecule has 1 amide bonds. The van der Waals surface area contributed by atoms with E-state index in [2.05, 4.69) is 20.3 Å². The van der Waals surface area contributed by atoms with Crippen LogP contribution in [0.5, 0.6) is 0 Å². The fourth-order valence-corrected chi connectivity index (χ4v) is 5.22. The number of amides is 1. The Bertz CT molecular complexity index is 1240. The number of likely N-dealkylation sites (tertiary alicyclic amines) is 1. The number of nitrogens with one attached hydrogen (secondary N) is 1. The Kier molecular flexibility index (Phi) is 6.37. The van der Waals surface area contributed by atoms with Crippen molar-refractivity contribution in [3.8, 4) is 0 Å². The number of hydrogen-bond donors (Lipinski definition) is 2. The number of benzene rings is 1. The van der Waals surface area contributed by atoms with Crippen LogP contribution in [-0.2, 0) is 20.9 Å². The second kappa shape index (κ2) is 9.49. The monoisotopic (exact) mass is 503 g/mol. The molecule has 36 heavy (non-hydrogen) atoms. The third kappa shape index (κ3) is 4.29. The van der Waals surface area contributed by atoms with Gasteiger partial charge in [-0.05, 0) is 31.0 Å². The quantitative estimate of drug-likeness (QED) is 0.600. The Morgan fingerprint density at radius 3 is 2.78 bits per heavy atom. The Labute approximate surface area is 204 Å². The minimum Gasteiger partial charge on any atom is -0.469 e. The number of aliphatic imine (C=N–C) groups is 1. The number of hydrogen-bond acceptors (Lipinski definition) is 8. The van der Waals surface area contributed by atoms with Gasteiger partial charge in [-0.25, -0.2) is 23.1 Å². The lowest BCUT2D eigenvalue weighted by Crippen LogP contribution is -2.38. The van der Waals surface area contributed by atoms with E-state index in [-0.39, 0.29) is 43.0 Å². The maximum Gasteiger partial charge on any atom is 0.308 e. The van der Waals surface area contributed by atoms with Gasteiger partial charge < -0.3 is 20.1 Å². The second-order valence-corrected chi connectivity index (χ2v) is 9.19. The largest absolute Gasteiger partial charge is 0.469 e. The normalized spacial score (nSPS) is 27.1. The van der Waals surface area contributed by atoms with E-state index < -0.39 is 53.8 Å². The lowest BCUT2D eigenvalue weighted by molar-refractivity contribution is -0.145. The lowest BCUT2D eigenvalue weighted by atomic mass is 10.0. The lowest BCUT2D eigenvalue weighted by Gasteiger charge is -2.26. The van der Waals surface area contributed by atoms with Crippen molar-refractivity contribution in [3.63, 3.8) is 0 Å². The number of aliphatic hydroxyl groups excluding tert-OH is 1. The van der Waals surface area contributed by atoms with Crippen molar-refractivity contribution in [2.24, 2.45) is 10.9 Å². The van der Waals surface area contributed by atoms with Crippen molar-refractivity contribution in [1.29, 1.82) is 0 Å². The van der Waals surface area contributed by atoms with Gasteiger partial charge in [0.25, 0.3) is 5.91 Å². The summed E-state index contributed by atoms with van der Waals surface area (Å²) in [4.78, 5) is 39.4. The molecule has 1 aromatic carbocycles. The SMILES string of the molecule is COC(=O)[C@H]1C[C@@H](O)[C@H](Nc2ncnc3c2C(C(=O)N2C[C@@H](F)C[C@@H]2c2cc(F)ccc2F)=NC3)C1. The van der Waals surface area contributed by atoms with Crippen molar-refractivity contribution in [3.05, 3.63) is 53.0 Å². The zero-order valence-corrected chi connectivity index (χ0v) is 19.3. The van der Waals surface area contributed by atoms with E-state index in [1.54, 1.807) is 0 Å². The van der Waals surface area contributed by atoms with Crippen molar-refractivity contribution in [2.75, 3.05) is 19.0 Å². The molecule has 190 valence electrons. The highest BCUT2D eigenvalue weighted by atomic mass is 19.1. The zero-order chi connectivity index (χ0) is 25.6. The van der Waals surface area contributed by atoms with Gasteiger partial charge in [-0.3, -0.25) is 14.6 Å². The fourth-order valence-electron chi connectivity index (χ4n) is 5.22. The summed E-state index contributed by atoms with van der Waals surface area (Å²) in [5.41, 5.74) is 0.628. The maximum atomic E-state index is 14.5. The number of fused-ring (bicyclic) bond motifs is 1. The van der Waals surface area contributed by atoms with E-state index >= 15 is 0 Å². The summed E-state index contributed by atoms with van der Waals surface area (Å²) in [5.74, 6) is -2.74. The van der Waals surface area contributed by atoms with Crippen LogP contribution in [-0.4, -0.2) is 69.5 Å². The number of esters is 1. The Morgan fingerprint density at radius 2 is 2.00 bits per heavy atom. The number of carbonyl (C=O) groups is 2. The van der Waals surface area contributed by atoms with Crippen LogP contribution < -0.4 is 5.32 Å². The molecule has 2 aliphatic heterocycles. The first kappa shape index (κ1) is 24.2. The Hall–Kier alpha value is -3.54. The molecule has 5 rings (SSSR count). The van der Waals surface area contributed by atoms with Crippen LogP contribution in [0, 0.1) is 17.6 Å². The third-order valence-corrected chi connectivity index (χ3v) is 6.97. The number of aromatic nitrogens is 2. The Morgan fingerprint density at radius 1 is 1.19 bits per heavy atom. The van der Waals surface area contributed by atoms with E-state index in [1.165, 1.54) is 13.4 Å². The minimum atomic E-state index is -1.42. The predicted octanol–water partition coefficient (Wildman–Crippen LogP) is 2.09. The van der Waals surface area contributed by atoms with Gasteiger partial charge in [0, 0.05) is 12.0 Å². The molecule has 2 aromatic rings. The van der Waals surface area contributed by atoms with Gasteiger partial charge in [-0.15, -0.1) is 0 Å². The van der Waals surface area contributed by atoms with E-state index in [0.29, 0.717) is 17.7 Å². The van der Waals surface area contributed by atoms with Crippen molar-refractivity contribution in [2.45, 2.75) is 50.2 Å². The van der Waals surface area contributed by atoms with Gasteiger partial charge >= 0.3 is 5.97 Å². The highest BCUT2D eigenvalue weighted by Crippen LogP contribution is 2.37. The molecular formula is C24H24F3N5O4. The summed E-state index contributed by atoms with van der Waals surface area (Å²) in [6.45, 7) is -0.218. The molecule has 0 unspecified atom stereocenters. The number of halogens is 3. The zero-order valence-electron chi connectivity index (χ0n) is 19.3. The molecule has 2 fully saturated rings. The number of carbonyl (C=O) groups excluding carboxylic acids is 2. The van der Waals surface area contributed by atoms with Crippen LogP contribution in [0.2, 0.25) is 0 Å². The van der Waals surface area contributed by atoms with E-state index in [4.69, 9.17) is 4.74 Å². The standard InChI is InChI=1S/C24H24F3N5O4/c1-36-24(35)11-4-16(19(33)5-11)31-22-20-17(29-10-30-22)8-28-21(20)23(34)32-9-13(26)7-18(32)14-6-12(25)2-3-15(14)27/h2-3,6,10-11,13,16,18-19,33H,4-5,7-9H2,1H3,(H,29,30,31)/t11-,13+,16-,18-,19-/m1/s1. The highest BCUT2D eigenvalue weighted by molar-refractivity contribution is 6.47. The number of aliphatic hydroxyl groups is 1. The summed E-state index contributed by atoms with van der Waals surface area (Å²) >= 11 is 0. The Balaban J connectivity index is 1.42. The van der Waals surface area contributed by atoms with Gasteiger partial charge in [0.2, 0.25) is 0 Å². The van der Waals surface area contributed by atoms with Crippen LogP contribution >= 0.6 is 0 Å². The van der Waals surface area contributed by atoms with Crippen LogP contribution in [0.4, 0.5) is 19.0 Å². The smallest absolute Gasteiger partial charge is 0.308 e. The summed E-state index contributed by atoms with van der Waals surface area (Å²) in [6, 6.07) is 1.33. The van der Waals surface area contributed by atoms with Gasteiger partial charge in [0.1, 0.15) is 35.7 Å². The first-order valence-corrected chi connectivity index (χ1v) is 11.6. The predicted molar refractivity (Wildman–Crippen MR) is 121 cm³/mol. The van der Waals surface area contributed by atoms with E-state index in [0.717, 1.165) is 23.1 Å². The summed E-state index contributed by atoms with van der Waals surface area (Å²) in [5, 5.41) is 13.6. The van der Waals surface area contributed by atoms with Gasteiger partial charge in [-0.1, -0.05) is 0 Å². The molecule has 1 saturated carbocycles. The number of methoxy groups -OCH3 is 1. The molecule has 0 spiro atoms. The van der Waals surface area contributed by atoms with Crippen LogP contribution in [0.25, 0.3) is 0 Å². The summed E-state index contributed by atoms with van der Waals surface area (Å²) < 4.78 is 47.6. The van der Waals surface area contributed by atoms with Crippen molar-refractivity contribution in [1.82, 2.24) is 14.9 Å². The fraction of sp³-hybridized carbons (Fsp3) is 0.458. The molecule has 5 atom stereocenters. The summed E-state index contributed by atoms with van der Waals surface area (Å²) in [6.07, 6.45) is -0.652. The molecule has 12 heteroatoms. The third-order valence-electron chi connectivity index (χ3n) is 6.97. The second-order valence-electron chi connectivity index (χ2n) is 9.19. The number of anilines is 1. The molecule has 3 aliphatic rings. The van der Waals surface area contributed by atoms with Gasteiger partial charge in [-0.2, -0.15) is 0 Å². The molecule has 0 radical (unpaired) electrons. The topological polar surface area (TPSA) is 117 Å². The molecule has 0 bridgehead atoms. The van der Waals surface area contributed by atoms with Gasteiger partial charge in [0.15, 0.2) is 0 Å². The molecular weight excluding hydrogens is 479 g/mol. The van der Waals surface area contributed by atoms with Crippen LogP contribution in [0.1, 0.15) is 42.1 Å². The molecule has 1 aliphatic carbocycles. The van der Waals surface area contributed by atoms with Crippen LogP contribution in [0.3, 0.4) is 0 Å². The average Bonchev–Trinajstić information content (AvgIpc) is 3.57. The molecule has 2 N–H and O–H groups in total. The number of ether oxygens (including phenoxy) is 1. The molecule has 1 aromatic heterocycles. The highest BCUT2D eigenvalue weighted by Gasteiger charge is 2.42. The van der Waals surface area contributed by atoms with Gasteiger partial charge in [0.05, 0.1) is 55.6 Å². The first-order valence-electron chi connectivity index (χ1n) is 11.6. The van der Waals surface area contributed by atoms with E-state index in [1.807, 2.05) is 0 Å². The molecule has 3 heterocycles. The minimum absolute atomic E-state index is 0.0268. The number of nitrogens with zero attached hydrogens (tertiary/aromatic N) is 4. The number of rotatable bonds is 5. The van der Waals surface area contributed by atoms with Crippen molar-refractivity contribution >= 4 is 23.4 Å². The molecule has 1 saturated heterocycles. The van der Waals surface area contributed by atoms with Crippen LogP contribution in [0.15, 0.2) is 29.5 Å². The average molecular weight is 503 g/mol. The first-order chi connectivity index (χ1) is 17.3. The van der Waals surface area contributed by atoms with Crippen molar-refractivity contribution < 1.29 is 32.6 Å². The van der Waals surface area contributed by atoms with E-state index in [9.17, 15) is 27.9 Å². The number of alkyl halides is 1. The summed E-state index contributed by atoms with van der Waals surface area (Å²) in [7, 11) is 1.28. The molecule has 9 nitrogen and oxygen atoms in total.